The van der Waals surface area contributed by atoms with Gasteiger partial charge in [-0.1, -0.05) is 23.2 Å². The Balaban J connectivity index is 1.89. The Morgan fingerprint density at radius 3 is 3.05 bits per heavy atom. The van der Waals surface area contributed by atoms with Gasteiger partial charge in [-0.2, -0.15) is 0 Å². The molecule has 1 saturated heterocycles. The second-order valence-corrected chi connectivity index (χ2v) is 5.44. The Labute approximate surface area is 122 Å². The molecule has 2 rings (SSSR count). The summed E-state index contributed by atoms with van der Waals surface area (Å²) in [6, 6.07) is 1.95. The van der Waals surface area contributed by atoms with Crippen LogP contribution in [0.3, 0.4) is 0 Å². The van der Waals surface area contributed by atoms with Gasteiger partial charge >= 0.3 is 0 Å². The van der Waals surface area contributed by atoms with Crippen molar-refractivity contribution in [1.29, 1.82) is 0 Å². The van der Waals surface area contributed by atoms with Crippen molar-refractivity contribution in [3.63, 3.8) is 0 Å². The van der Waals surface area contributed by atoms with Gasteiger partial charge in [0, 0.05) is 18.8 Å². The maximum absolute atomic E-state index is 11.9. The van der Waals surface area contributed by atoms with Gasteiger partial charge < -0.3 is 10.6 Å². The third kappa shape index (κ3) is 4.04. The van der Waals surface area contributed by atoms with Crippen LogP contribution in [-0.4, -0.2) is 48.5 Å². The van der Waals surface area contributed by atoms with Crippen molar-refractivity contribution >= 4 is 34.9 Å². The second-order valence-electron chi connectivity index (χ2n) is 4.59. The van der Waals surface area contributed by atoms with Crippen LogP contribution in [0.1, 0.15) is 6.42 Å². The highest BCUT2D eigenvalue weighted by Gasteiger charge is 2.21. The predicted octanol–water partition coefficient (Wildman–Crippen LogP) is 1.62. The van der Waals surface area contributed by atoms with Crippen LogP contribution < -0.4 is 10.6 Å². The second kappa shape index (κ2) is 6.52. The summed E-state index contributed by atoms with van der Waals surface area (Å²) in [5.74, 6) is 0.208. The topological polar surface area (TPSA) is 57.3 Å². The summed E-state index contributed by atoms with van der Waals surface area (Å²) in [5, 5.41) is 6.74. The van der Waals surface area contributed by atoms with E-state index in [2.05, 4.69) is 15.6 Å². The Hall–Kier alpha value is -0.880. The molecule has 2 N–H and O–H groups in total. The number of carbonyl (C=O) groups excluding carboxylic acids is 1. The highest BCUT2D eigenvalue weighted by Crippen LogP contribution is 2.22. The molecule has 0 aromatic carbocycles. The van der Waals surface area contributed by atoms with E-state index in [1.54, 1.807) is 6.07 Å². The first-order valence-electron chi connectivity index (χ1n) is 6.08. The van der Waals surface area contributed by atoms with Crippen LogP contribution in [0, 0.1) is 0 Å². The van der Waals surface area contributed by atoms with Gasteiger partial charge in [-0.3, -0.25) is 9.69 Å². The number of amides is 1. The fraction of sp³-hybridized carbons (Fsp3) is 0.500. The summed E-state index contributed by atoms with van der Waals surface area (Å²) < 4.78 is 0. The zero-order valence-corrected chi connectivity index (χ0v) is 12.1. The van der Waals surface area contributed by atoms with Crippen molar-refractivity contribution in [1.82, 2.24) is 15.2 Å². The van der Waals surface area contributed by atoms with E-state index in [9.17, 15) is 4.79 Å². The summed E-state index contributed by atoms with van der Waals surface area (Å²) in [7, 11) is 1.94. The lowest BCUT2D eigenvalue weighted by Gasteiger charge is -2.22. The molecule has 0 bridgehead atoms. The van der Waals surface area contributed by atoms with Gasteiger partial charge in [-0.25, -0.2) is 4.98 Å². The van der Waals surface area contributed by atoms with Crippen LogP contribution in [0.5, 0.6) is 0 Å². The number of anilines is 1. The monoisotopic (exact) mass is 302 g/mol. The number of nitrogens with zero attached hydrogens (tertiary/aromatic N) is 2. The van der Waals surface area contributed by atoms with Gasteiger partial charge in [0.25, 0.3) is 0 Å². The van der Waals surface area contributed by atoms with Crippen molar-refractivity contribution in [2.75, 3.05) is 32.0 Å². The number of halogens is 2. The lowest BCUT2D eigenvalue weighted by atomic mass is 10.2. The van der Waals surface area contributed by atoms with E-state index in [0.717, 1.165) is 19.5 Å². The number of carbonyl (C=O) groups is 1. The minimum Gasteiger partial charge on any atom is -0.315 e. The highest BCUT2D eigenvalue weighted by molar-refractivity contribution is 6.36. The zero-order valence-electron chi connectivity index (χ0n) is 10.6. The molecule has 1 fully saturated rings. The quantitative estimate of drug-likeness (QED) is 0.887. The number of likely N-dealkylation sites (N-methyl/N-ethyl adjacent to an activating group) is 1. The molecular weight excluding hydrogens is 287 g/mol. The lowest BCUT2D eigenvalue weighted by molar-refractivity contribution is -0.117. The third-order valence-corrected chi connectivity index (χ3v) is 3.61. The molecule has 0 spiro atoms. The first kappa shape index (κ1) is 14.5. The summed E-state index contributed by atoms with van der Waals surface area (Å²) in [6.45, 7) is 2.23. The fourth-order valence-corrected chi connectivity index (χ4v) is 2.48. The number of rotatable bonds is 4. The normalized spacial score (nSPS) is 18.8. The Bertz CT molecular complexity index is 463. The largest absolute Gasteiger partial charge is 0.315 e. The molecule has 5 nitrogen and oxygen atoms in total. The summed E-state index contributed by atoms with van der Waals surface area (Å²) in [6.07, 6.45) is 2.51. The Kier molecular flexibility index (Phi) is 4.99. The molecule has 0 aliphatic carbocycles. The summed E-state index contributed by atoms with van der Waals surface area (Å²) in [4.78, 5) is 17.9. The summed E-state index contributed by atoms with van der Waals surface area (Å²) >= 11 is 11.7. The molecule has 1 aromatic rings. The van der Waals surface area contributed by atoms with E-state index in [1.807, 2.05) is 11.9 Å². The van der Waals surface area contributed by atoms with E-state index in [0.29, 0.717) is 28.4 Å². The molecule has 0 radical (unpaired) electrons. The van der Waals surface area contributed by atoms with Gasteiger partial charge in [0.05, 0.1) is 16.6 Å². The van der Waals surface area contributed by atoms with Crippen LogP contribution in [0.25, 0.3) is 0 Å². The van der Waals surface area contributed by atoms with Gasteiger partial charge in [0.1, 0.15) is 0 Å². The van der Waals surface area contributed by atoms with E-state index in [4.69, 9.17) is 23.2 Å². The van der Waals surface area contributed by atoms with Crippen molar-refractivity contribution in [3.8, 4) is 0 Å². The Morgan fingerprint density at radius 2 is 2.42 bits per heavy atom. The van der Waals surface area contributed by atoms with Crippen LogP contribution >= 0.6 is 23.2 Å². The molecule has 104 valence electrons. The molecule has 1 unspecified atom stereocenters. The smallest absolute Gasteiger partial charge is 0.239 e. The standard InChI is InChI=1S/C12H16Cl2N4O/c1-18(9-2-3-15-6-9)7-11(19)17-12-10(14)4-8(13)5-16-12/h4-5,9,15H,2-3,6-7H2,1H3,(H,16,17,19). The lowest BCUT2D eigenvalue weighted by Crippen LogP contribution is -2.39. The molecule has 1 atom stereocenters. The van der Waals surface area contributed by atoms with Crippen LogP contribution in [0.2, 0.25) is 10.0 Å². The highest BCUT2D eigenvalue weighted by atomic mass is 35.5. The number of pyridine rings is 1. The first-order valence-corrected chi connectivity index (χ1v) is 6.83. The van der Waals surface area contributed by atoms with Gasteiger partial charge in [0.15, 0.2) is 5.82 Å². The van der Waals surface area contributed by atoms with Gasteiger partial charge in [-0.05, 0) is 26.1 Å². The first-order chi connectivity index (χ1) is 9.06. The van der Waals surface area contributed by atoms with Gasteiger partial charge in [-0.15, -0.1) is 0 Å². The molecule has 1 aromatic heterocycles. The van der Waals surface area contributed by atoms with E-state index < -0.39 is 0 Å². The van der Waals surface area contributed by atoms with Crippen molar-refractivity contribution in [3.05, 3.63) is 22.3 Å². The van der Waals surface area contributed by atoms with Gasteiger partial charge in [0.2, 0.25) is 5.91 Å². The molecule has 1 amide bonds. The van der Waals surface area contributed by atoms with Crippen molar-refractivity contribution < 1.29 is 4.79 Å². The predicted molar refractivity (Wildman–Crippen MR) is 76.8 cm³/mol. The number of hydrogen-bond acceptors (Lipinski definition) is 4. The maximum Gasteiger partial charge on any atom is 0.239 e. The van der Waals surface area contributed by atoms with E-state index >= 15 is 0 Å². The molecular formula is C12H16Cl2N4O. The molecule has 7 heteroatoms. The molecule has 0 saturated carbocycles. The molecule has 1 aliphatic heterocycles. The van der Waals surface area contributed by atoms with Crippen LogP contribution in [-0.2, 0) is 4.79 Å². The minimum atomic E-state index is -0.133. The van der Waals surface area contributed by atoms with Crippen molar-refractivity contribution in [2.45, 2.75) is 12.5 Å². The fourth-order valence-electron chi connectivity index (χ4n) is 2.05. The molecule has 2 heterocycles. The number of nitrogens with one attached hydrogen (secondary N) is 2. The average molecular weight is 303 g/mol. The SMILES string of the molecule is CN(CC(=O)Nc1ncc(Cl)cc1Cl)C1CCNC1. The third-order valence-electron chi connectivity index (χ3n) is 3.12. The minimum absolute atomic E-state index is 0.133. The Morgan fingerprint density at radius 1 is 1.63 bits per heavy atom. The summed E-state index contributed by atoms with van der Waals surface area (Å²) in [5.41, 5.74) is 0. The number of hydrogen-bond donors (Lipinski definition) is 2. The zero-order chi connectivity index (χ0) is 13.8. The van der Waals surface area contributed by atoms with E-state index in [1.165, 1.54) is 6.20 Å². The maximum atomic E-state index is 11.9. The molecule has 1 aliphatic rings. The van der Waals surface area contributed by atoms with Crippen LogP contribution in [0.15, 0.2) is 12.3 Å². The van der Waals surface area contributed by atoms with Crippen molar-refractivity contribution in [2.24, 2.45) is 0 Å². The average Bonchev–Trinajstić information content (AvgIpc) is 2.86. The number of aromatic nitrogens is 1. The van der Waals surface area contributed by atoms with Crippen LogP contribution in [0.4, 0.5) is 5.82 Å². The molecule has 19 heavy (non-hydrogen) atoms. The van der Waals surface area contributed by atoms with E-state index in [-0.39, 0.29) is 5.91 Å².